The highest BCUT2D eigenvalue weighted by atomic mass is 32.1. The van der Waals surface area contributed by atoms with E-state index in [0.29, 0.717) is 29.3 Å². The summed E-state index contributed by atoms with van der Waals surface area (Å²) >= 11 is 1.76. The minimum atomic E-state index is -0.701. The fraction of sp³-hybridized carbons (Fsp3) is 0.250. The maximum absolute atomic E-state index is 14.4. The first kappa shape index (κ1) is 22.4. The lowest BCUT2D eigenvalue weighted by atomic mass is 9.95. The molecular weight excluding hydrogens is 496 g/mol. The lowest BCUT2D eigenvalue weighted by Gasteiger charge is -2.31. The summed E-state index contributed by atoms with van der Waals surface area (Å²) in [6.07, 6.45) is 6.24. The molecule has 1 N–H and O–H groups in total. The summed E-state index contributed by atoms with van der Waals surface area (Å²) in [6, 6.07) is 11.4. The van der Waals surface area contributed by atoms with Crippen LogP contribution in [0.2, 0.25) is 0 Å². The zero-order valence-corrected chi connectivity index (χ0v) is 20.6. The van der Waals surface area contributed by atoms with Gasteiger partial charge in [0.1, 0.15) is 22.7 Å². The molecule has 2 amide bonds. The number of carbonyl (C=O) groups excluding carboxylic acids is 1. The Labute approximate surface area is 216 Å². The van der Waals surface area contributed by atoms with Gasteiger partial charge in [-0.25, -0.2) is 13.6 Å². The van der Waals surface area contributed by atoms with Crippen molar-refractivity contribution < 1.29 is 23.0 Å². The predicted molar refractivity (Wildman–Crippen MR) is 136 cm³/mol. The van der Waals surface area contributed by atoms with Gasteiger partial charge in [-0.15, -0.1) is 11.3 Å². The van der Waals surface area contributed by atoms with Gasteiger partial charge in [-0.2, -0.15) is 0 Å². The number of fused-ring (bicyclic) bond motifs is 6. The first-order chi connectivity index (χ1) is 18.0. The van der Waals surface area contributed by atoms with Gasteiger partial charge in [-0.1, -0.05) is 0 Å². The largest absolute Gasteiger partial charge is 0.454 e. The standard InChI is InChI=1S/C28H23F2N3O3S/c29-17-10-16(11-18(30)12-17)26-22-5-3-9-32(22)27-21(20-4-1-2-6-25(20)37-27)14-33(26)28(34)31-19-7-8-23-24(13-19)36-15-35-23/h3,5,7-13,26H,1-2,4,6,14-15H2,(H,31,34)/t26-/m1/s1. The van der Waals surface area contributed by atoms with Crippen LogP contribution in [0.4, 0.5) is 19.3 Å². The van der Waals surface area contributed by atoms with Crippen molar-refractivity contribution in [3.05, 3.63) is 93.6 Å². The summed E-state index contributed by atoms with van der Waals surface area (Å²) in [5.41, 5.74) is 4.12. The van der Waals surface area contributed by atoms with Crippen LogP contribution in [-0.2, 0) is 19.4 Å². The summed E-state index contributed by atoms with van der Waals surface area (Å²) < 4.78 is 41.8. The molecule has 0 spiro atoms. The average Bonchev–Trinajstić information content (AvgIpc) is 3.60. The van der Waals surface area contributed by atoms with E-state index in [0.717, 1.165) is 48.0 Å². The summed E-state index contributed by atoms with van der Waals surface area (Å²) in [6.45, 7) is 0.455. The summed E-state index contributed by atoms with van der Waals surface area (Å²) in [5.74, 6) is -0.185. The molecule has 2 aliphatic heterocycles. The third-order valence-corrected chi connectivity index (χ3v) is 8.60. The molecular formula is C28H23F2N3O3S. The molecule has 0 saturated heterocycles. The van der Waals surface area contributed by atoms with Gasteiger partial charge in [-0.3, -0.25) is 0 Å². The van der Waals surface area contributed by atoms with E-state index in [9.17, 15) is 13.6 Å². The van der Waals surface area contributed by atoms with E-state index in [1.165, 1.54) is 22.6 Å². The summed E-state index contributed by atoms with van der Waals surface area (Å²) in [7, 11) is 0. The second kappa shape index (κ2) is 8.62. The number of aryl methyl sites for hydroxylation is 1. The van der Waals surface area contributed by atoms with Gasteiger partial charge in [0, 0.05) is 34.5 Å². The first-order valence-corrected chi connectivity index (χ1v) is 13.1. The van der Waals surface area contributed by atoms with Gasteiger partial charge >= 0.3 is 6.03 Å². The number of carbonyl (C=O) groups is 1. The highest BCUT2D eigenvalue weighted by Crippen LogP contribution is 2.44. The fourth-order valence-corrected chi connectivity index (χ4v) is 7.04. The molecule has 1 atom stereocenters. The number of rotatable bonds is 2. The Morgan fingerprint density at radius 2 is 1.78 bits per heavy atom. The van der Waals surface area contributed by atoms with E-state index in [-0.39, 0.29) is 12.8 Å². The first-order valence-electron chi connectivity index (χ1n) is 12.3. The number of ether oxygens (including phenoxy) is 2. The summed E-state index contributed by atoms with van der Waals surface area (Å²) in [4.78, 5) is 17.0. The zero-order chi connectivity index (χ0) is 25.1. The van der Waals surface area contributed by atoms with Crippen LogP contribution >= 0.6 is 11.3 Å². The Morgan fingerprint density at radius 3 is 2.65 bits per heavy atom. The number of aromatic nitrogens is 1. The van der Waals surface area contributed by atoms with Gasteiger partial charge in [0.2, 0.25) is 6.79 Å². The topological polar surface area (TPSA) is 55.7 Å². The van der Waals surface area contributed by atoms with Crippen LogP contribution in [0.15, 0.2) is 54.7 Å². The molecule has 2 aromatic carbocycles. The minimum absolute atomic E-state index is 0.134. The number of amides is 2. The van der Waals surface area contributed by atoms with Crippen LogP contribution in [0.25, 0.3) is 5.00 Å². The van der Waals surface area contributed by atoms with Gasteiger partial charge < -0.3 is 24.3 Å². The van der Waals surface area contributed by atoms with Gasteiger partial charge in [0.05, 0.1) is 12.2 Å². The number of hydrogen-bond acceptors (Lipinski definition) is 4. The molecule has 0 saturated carbocycles. The van der Waals surface area contributed by atoms with Gasteiger partial charge in [-0.05, 0) is 73.2 Å². The predicted octanol–water partition coefficient (Wildman–Crippen LogP) is 6.56. The van der Waals surface area contributed by atoms with Crippen molar-refractivity contribution >= 4 is 23.1 Å². The van der Waals surface area contributed by atoms with Crippen molar-refractivity contribution in [3.8, 4) is 16.5 Å². The second-order valence-electron chi connectivity index (χ2n) is 9.53. The van der Waals surface area contributed by atoms with Crippen molar-refractivity contribution in [2.75, 3.05) is 12.1 Å². The average molecular weight is 520 g/mol. The van der Waals surface area contributed by atoms with Crippen LogP contribution in [0.5, 0.6) is 11.5 Å². The SMILES string of the molecule is O=C(Nc1ccc2c(c1)OCO2)N1Cc2c(sc3c2CCCC3)-n2cccc2[C@H]1c1cc(F)cc(F)c1. The summed E-state index contributed by atoms with van der Waals surface area (Å²) in [5, 5.41) is 4.06. The molecule has 2 aromatic heterocycles. The Bertz CT molecular complexity index is 1530. The van der Waals surface area contributed by atoms with Gasteiger partial charge in [0.25, 0.3) is 0 Å². The van der Waals surface area contributed by atoms with Crippen LogP contribution in [0.3, 0.4) is 0 Å². The number of nitrogens with one attached hydrogen (secondary N) is 1. The molecule has 0 bridgehead atoms. The fourth-order valence-electron chi connectivity index (χ4n) is 5.64. The van der Waals surface area contributed by atoms with E-state index in [4.69, 9.17) is 9.47 Å². The van der Waals surface area contributed by atoms with Crippen LogP contribution < -0.4 is 14.8 Å². The zero-order valence-electron chi connectivity index (χ0n) is 19.8. The second-order valence-corrected chi connectivity index (χ2v) is 10.6. The quantitative estimate of drug-likeness (QED) is 0.326. The van der Waals surface area contributed by atoms with Crippen molar-refractivity contribution in [3.63, 3.8) is 0 Å². The lowest BCUT2D eigenvalue weighted by molar-refractivity contribution is 0.174. The number of urea groups is 1. The highest BCUT2D eigenvalue weighted by molar-refractivity contribution is 7.15. The van der Waals surface area contributed by atoms with Crippen molar-refractivity contribution in [2.24, 2.45) is 0 Å². The molecule has 4 aromatic rings. The Hall–Kier alpha value is -3.85. The molecule has 37 heavy (non-hydrogen) atoms. The smallest absolute Gasteiger partial charge is 0.322 e. The van der Waals surface area contributed by atoms with E-state index < -0.39 is 17.7 Å². The highest BCUT2D eigenvalue weighted by Gasteiger charge is 2.36. The van der Waals surface area contributed by atoms with E-state index >= 15 is 0 Å². The molecule has 7 rings (SSSR count). The van der Waals surface area contributed by atoms with E-state index in [2.05, 4.69) is 9.88 Å². The Balaban J connectivity index is 1.36. The number of halogens is 2. The molecule has 3 aliphatic rings. The third kappa shape index (κ3) is 3.76. The molecule has 188 valence electrons. The Morgan fingerprint density at radius 1 is 0.973 bits per heavy atom. The maximum atomic E-state index is 14.4. The molecule has 0 fully saturated rings. The molecule has 6 nitrogen and oxygen atoms in total. The normalized spacial score (nSPS) is 17.6. The third-order valence-electron chi connectivity index (χ3n) is 7.26. The number of thiophene rings is 1. The Kier molecular flexibility index (Phi) is 5.21. The van der Waals surface area contributed by atoms with Crippen LogP contribution in [0.1, 0.15) is 46.1 Å². The van der Waals surface area contributed by atoms with E-state index in [1.807, 2.05) is 18.3 Å². The molecule has 0 radical (unpaired) electrons. The number of benzene rings is 2. The van der Waals surface area contributed by atoms with Crippen LogP contribution in [0, 0.1) is 11.6 Å². The minimum Gasteiger partial charge on any atom is -0.454 e. The monoisotopic (exact) mass is 519 g/mol. The lowest BCUT2D eigenvalue weighted by Crippen LogP contribution is -2.38. The molecule has 9 heteroatoms. The number of anilines is 1. The van der Waals surface area contributed by atoms with Gasteiger partial charge in [0.15, 0.2) is 11.5 Å². The molecule has 4 heterocycles. The van der Waals surface area contributed by atoms with E-state index in [1.54, 1.807) is 34.4 Å². The number of nitrogens with zero attached hydrogens (tertiary/aromatic N) is 2. The number of hydrogen-bond donors (Lipinski definition) is 1. The van der Waals surface area contributed by atoms with Crippen molar-refractivity contribution in [2.45, 2.75) is 38.3 Å². The maximum Gasteiger partial charge on any atom is 0.322 e. The van der Waals surface area contributed by atoms with Crippen molar-refractivity contribution in [1.29, 1.82) is 0 Å². The van der Waals surface area contributed by atoms with Crippen molar-refractivity contribution in [1.82, 2.24) is 9.47 Å². The van der Waals surface area contributed by atoms with Crippen LogP contribution in [-0.4, -0.2) is 22.3 Å². The molecule has 0 unspecified atom stereocenters. The molecule has 1 aliphatic carbocycles.